The van der Waals surface area contributed by atoms with Gasteiger partial charge in [0.25, 0.3) is 0 Å². The van der Waals surface area contributed by atoms with Crippen LogP contribution in [0.2, 0.25) is 0 Å². The quantitative estimate of drug-likeness (QED) is 0.925. The third-order valence-electron chi connectivity index (χ3n) is 2.76. The van der Waals surface area contributed by atoms with E-state index in [4.69, 9.17) is 0 Å². The molecule has 0 aliphatic heterocycles. The predicted octanol–water partition coefficient (Wildman–Crippen LogP) is 2.28. The number of aliphatic hydroxyl groups is 1. The van der Waals surface area contributed by atoms with Gasteiger partial charge in [0, 0.05) is 24.0 Å². The van der Waals surface area contributed by atoms with E-state index in [0.29, 0.717) is 0 Å². The van der Waals surface area contributed by atoms with Gasteiger partial charge in [0.2, 0.25) is 0 Å². The Balaban J connectivity index is 2.47. The summed E-state index contributed by atoms with van der Waals surface area (Å²) in [4.78, 5) is 4.36. The summed E-state index contributed by atoms with van der Waals surface area (Å²) in [6, 6.07) is 3.80. The molecule has 2 heterocycles. The molecule has 5 heteroatoms. The smallest absolute Gasteiger partial charge is 0.124 e. The molecule has 2 aromatic rings. The molecule has 0 fully saturated rings. The second-order valence-electron chi connectivity index (χ2n) is 4.03. The van der Waals surface area contributed by atoms with Crippen LogP contribution < -0.4 is 0 Å². The molecule has 17 heavy (non-hydrogen) atoms. The largest absolute Gasteiger partial charge is 0.382 e. The fourth-order valence-corrected chi connectivity index (χ4v) is 2.43. The minimum atomic E-state index is -0.718. The van der Waals surface area contributed by atoms with Gasteiger partial charge in [-0.05, 0) is 35.8 Å². The third-order valence-corrected chi connectivity index (χ3v) is 3.37. The Morgan fingerprint density at radius 3 is 2.59 bits per heavy atom. The maximum atomic E-state index is 10.4. The number of aromatic nitrogens is 3. The third kappa shape index (κ3) is 2.25. The predicted molar refractivity (Wildman–Crippen MR) is 68.7 cm³/mol. The lowest BCUT2D eigenvalue weighted by molar-refractivity contribution is 0.207. The van der Waals surface area contributed by atoms with Gasteiger partial charge in [-0.2, -0.15) is 5.10 Å². The van der Waals surface area contributed by atoms with Crippen LogP contribution in [0.1, 0.15) is 28.7 Å². The summed E-state index contributed by atoms with van der Waals surface area (Å²) >= 11 is 3.39. The maximum Gasteiger partial charge on any atom is 0.124 e. The number of rotatable bonds is 2. The molecule has 0 saturated carbocycles. The summed E-state index contributed by atoms with van der Waals surface area (Å²) in [7, 11) is 1.81. The Morgan fingerprint density at radius 2 is 2.06 bits per heavy atom. The highest BCUT2D eigenvalue weighted by molar-refractivity contribution is 9.10. The summed E-state index contributed by atoms with van der Waals surface area (Å²) in [5, 5.41) is 14.5. The van der Waals surface area contributed by atoms with E-state index in [2.05, 4.69) is 26.0 Å². The Bertz CT molecular complexity index is 531. The van der Waals surface area contributed by atoms with E-state index in [1.807, 2.05) is 26.0 Å². The molecular formula is C12H14BrN3O. The Labute approximate surface area is 108 Å². The molecule has 0 aliphatic carbocycles. The molecule has 0 aromatic carbocycles. The fraction of sp³-hybridized carbons (Fsp3) is 0.333. The number of halogens is 1. The number of aryl methyl sites for hydroxylation is 3. The molecule has 0 bridgehead atoms. The van der Waals surface area contributed by atoms with Crippen LogP contribution >= 0.6 is 15.9 Å². The van der Waals surface area contributed by atoms with E-state index in [1.54, 1.807) is 17.9 Å². The zero-order valence-electron chi connectivity index (χ0n) is 9.98. The van der Waals surface area contributed by atoms with Crippen molar-refractivity contribution >= 4 is 15.9 Å². The highest BCUT2D eigenvalue weighted by Gasteiger charge is 2.20. The lowest BCUT2D eigenvalue weighted by atomic mass is 10.0. The van der Waals surface area contributed by atoms with Crippen LogP contribution in [0.25, 0.3) is 0 Å². The standard InChI is InChI=1S/C12H14BrN3O/c1-7-4-5-9(8(2)15-7)12(17)11-10(13)6-14-16(11)3/h4-6,12,17H,1-3H3. The summed E-state index contributed by atoms with van der Waals surface area (Å²) in [6.45, 7) is 3.83. The molecule has 2 rings (SSSR count). The minimum absolute atomic E-state index is 0.718. The first-order valence-corrected chi connectivity index (χ1v) is 6.09. The van der Waals surface area contributed by atoms with Gasteiger partial charge < -0.3 is 5.11 Å². The van der Waals surface area contributed by atoms with Gasteiger partial charge in [-0.1, -0.05) is 6.07 Å². The van der Waals surface area contributed by atoms with Crippen molar-refractivity contribution in [1.82, 2.24) is 14.8 Å². The molecular weight excluding hydrogens is 282 g/mol. The van der Waals surface area contributed by atoms with Gasteiger partial charge in [0.1, 0.15) is 6.10 Å². The Morgan fingerprint density at radius 1 is 1.35 bits per heavy atom. The van der Waals surface area contributed by atoms with Crippen LogP contribution in [0.15, 0.2) is 22.8 Å². The number of hydrogen-bond donors (Lipinski definition) is 1. The van der Waals surface area contributed by atoms with E-state index < -0.39 is 6.10 Å². The summed E-state index contributed by atoms with van der Waals surface area (Å²) in [6.07, 6.45) is 0.958. The lowest BCUT2D eigenvalue weighted by Gasteiger charge is -2.14. The number of aliphatic hydroxyl groups excluding tert-OH is 1. The molecule has 0 amide bonds. The van der Waals surface area contributed by atoms with Crippen molar-refractivity contribution in [2.45, 2.75) is 20.0 Å². The first kappa shape index (κ1) is 12.3. The molecule has 0 spiro atoms. The topological polar surface area (TPSA) is 50.9 Å². The maximum absolute atomic E-state index is 10.4. The van der Waals surface area contributed by atoms with Gasteiger partial charge in [0.05, 0.1) is 16.4 Å². The van der Waals surface area contributed by atoms with Gasteiger partial charge >= 0.3 is 0 Å². The average Bonchev–Trinajstić information content (AvgIpc) is 2.58. The van der Waals surface area contributed by atoms with Crippen LogP contribution in [-0.4, -0.2) is 19.9 Å². The van der Waals surface area contributed by atoms with Crippen molar-refractivity contribution in [3.05, 3.63) is 45.4 Å². The van der Waals surface area contributed by atoms with Gasteiger partial charge in [-0.25, -0.2) is 0 Å². The number of nitrogens with zero attached hydrogens (tertiary/aromatic N) is 3. The van der Waals surface area contributed by atoms with Crippen LogP contribution in [0.3, 0.4) is 0 Å². The molecule has 1 unspecified atom stereocenters. The van der Waals surface area contributed by atoms with Crippen LogP contribution in [0.4, 0.5) is 0 Å². The van der Waals surface area contributed by atoms with Crippen molar-refractivity contribution in [2.75, 3.05) is 0 Å². The fourth-order valence-electron chi connectivity index (χ4n) is 1.86. The summed E-state index contributed by atoms with van der Waals surface area (Å²) < 4.78 is 2.46. The van der Waals surface area contributed by atoms with E-state index >= 15 is 0 Å². The van der Waals surface area contributed by atoms with E-state index in [0.717, 1.165) is 27.1 Å². The first-order valence-electron chi connectivity index (χ1n) is 5.30. The van der Waals surface area contributed by atoms with Crippen LogP contribution in [0, 0.1) is 13.8 Å². The number of pyridine rings is 1. The molecule has 0 aliphatic rings. The van der Waals surface area contributed by atoms with E-state index in [-0.39, 0.29) is 0 Å². The molecule has 4 nitrogen and oxygen atoms in total. The number of hydrogen-bond acceptors (Lipinski definition) is 3. The molecule has 0 saturated heterocycles. The zero-order chi connectivity index (χ0) is 12.6. The van der Waals surface area contributed by atoms with Gasteiger partial charge in [-0.15, -0.1) is 0 Å². The normalized spacial score (nSPS) is 12.8. The van der Waals surface area contributed by atoms with E-state index in [9.17, 15) is 5.11 Å². The van der Waals surface area contributed by atoms with Gasteiger partial charge in [-0.3, -0.25) is 9.67 Å². The molecule has 0 radical (unpaired) electrons. The van der Waals surface area contributed by atoms with Crippen LogP contribution in [0.5, 0.6) is 0 Å². The second kappa shape index (κ2) is 4.58. The average molecular weight is 296 g/mol. The minimum Gasteiger partial charge on any atom is -0.382 e. The van der Waals surface area contributed by atoms with E-state index in [1.165, 1.54) is 0 Å². The van der Waals surface area contributed by atoms with Crippen molar-refractivity contribution in [3.63, 3.8) is 0 Å². The second-order valence-corrected chi connectivity index (χ2v) is 4.89. The Kier molecular flexibility index (Phi) is 3.31. The summed E-state index contributed by atoms with van der Waals surface area (Å²) in [5.74, 6) is 0. The highest BCUT2D eigenvalue weighted by Crippen LogP contribution is 2.29. The Hall–Kier alpha value is -1.20. The molecule has 1 N–H and O–H groups in total. The van der Waals surface area contributed by atoms with Crippen molar-refractivity contribution < 1.29 is 5.11 Å². The van der Waals surface area contributed by atoms with Crippen molar-refractivity contribution in [1.29, 1.82) is 0 Å². The van der Waals surface area contributed by atoms with Gasteiger partial charge in [0.15, 0.2) is 0 Å². The lowest BCUT2D eigenvalue weighted by Crippen LogP contribution is -2.09. The zero-order valence-corrected chi connectivity index (χ0v) is 11.6. The monoisotopic (exact) mass is 295 g/mol. The summed E-state index contributed by atoms with van der Waals surface area (Å²) in [5.41, 5.74) is 3.33. The SMILES string of the molecule is Cc1ccc(C(O)c2c(Br)cnn2C)c(C)n1. The molecule has 90 valence electrons. The molecule has 1 atom stereocenters. The highest BCUT2D eigenvalue weighted by atomic mass is 79.9. The first-order chi connectivity index (χ1) is 8.00. The molecule has 2 aromatic heterocycles. The van der Waals surface area contributed by atoms with Crippen molar-refractivity contribution in [3.8, 4) is 0 Å². The van der Waals surface area contributed by atoms with Crippen LogP contribution in [-0.2, 0) is 7.05 Å². The van der Waals surface area contributed by atoms with Crippen molar-refractivity contribution in [2.24, 2.45) is 7.05 Å².